The van der Waals surface area contributed by atoms with Crippen molar-refractivity contribution in [2.75, 3.05) is 19.7 Å². The number of benzene rings is 2. The van der Waals surface area contributed by atoms with Gasteiger partial charge in [-0.05, 0) is 42.7 Å². The van der Waals surface area contributed by atoms with E-state index in [1.807, 2.05) is 31.2 Å². The molecule has 0 spiro atoms. The fourth-order valence-electron chi connectivity index (χ4n) is 3.29. The zero-order chi connectivity index (χ0) is 17.9. The monoisotopic (exact) mass is 349 g/mol. The molecule has 0 aliphatic carbocycles. The summed E-state index contributed by atoms with van der Waals surface area (Å²) in [7, 11) is 0. The molecule has 0 amide bonds. The molecule has 5 heteroatoms. The molecule has 0 radical (unpaired) electrons. The summed E-state index contributed by atoms with van der Waals surface area (Å²) in [5, 5.41) is 4.12. The second kappa shape index (κ2) is 7.30. The minimum Gasteiger partial charge on any atom is -0.494 e. The summed E-state index contributed by atoms with van der Waals surface area (Å²) in [5.74, 6) is 2.79. The van der Waals surface area contributed by atoms with Crippen molar-refractivity contribution in [2.24, 2.45) is 5.92 Å². The van der Waals surface area contributed by atoms with E-state index in [0.717, 1.165) is 29.3 Å². The predicted octanol–water partition coefficient (Wildman–Crippen LogP) is 4.25. The first-order valence-corrected chi connectivity index (χ1v) is 9.10. The van der Waals surface area contributed by atoms with Gasteiger partial charge in [0.2, 0.25) is 5.82 Å². The van der Waals surface area contributed by atoms with E-state index in [0.29, 0.717) is 18.3 Å². The van der Waals surface area contributed by atoms with Crippen LogP contribution in [0.2, 0.25) is 0 Å². The zero-order valence-corrected chi connectivity index (χ0v) is 15.2. The van der Waals surface area contributed by atoms with Crippen LogP contribution in [0.15, 0.2) is 53.1 Å². The zero-order valence-electron chi connectivity index (χ0n) is 15.2. The van der Waals surface area contributed by atoms with Crippen LogP contribution in [0.5, 0.6) is 5.75 Å². The van der Waals surface area contributed by atoms with Crippen molar-refractivity contribution >= 4 is 0 Å². The summed E-state index contributed by atoms with van der Waals surface area (Å²) >= 11 is 0. The Bertz CT molecular complexity index is 850. The lowest BCUT2D eigenvalue weighted by atomic mass is 10.0. The summed E-state index contributed by atoms with van der Waals surface area (Å²) < 4.78 is 10.9. The molecule has 0 atom stereocenters. The van der Waals surface area contributed by atoms with E-state index in [4.69, 9.17) is 9.26 Å². The van der Waals surface area contributed by atoms with Crippen molar-refractivity contribution in [3.8, 4) is 28.6 Å². The quantitative estimate of drug-likeness (QED) is 0.666. The van der Waals surface area contributed by atoms with Gasteiger partial charge < -0.3 is 9.26 Å². The van der Waals surface area contributed by atoms with Gasteiger partial charge in [-0.15, -0.1) is 0 Å². The highest BCUT2D eigenvalue weighted by Crippen LogP contribution is 2.25. The van der Waals surface area contributed by atoms with Crippen LogP contribution in [0, 0.1) is 5.92 Å². The fourth-order valence-corrected chi connectivity index (χ4v) is 3.29. The van der Waals surface area contributed by atoms with E-state index in [-0.39, 0.29) is 0 Å². The highest BCUT2D eigenvalue weighted by atomic mass is 16.5. The standard InChI is InChI=1S/C21H23N3O2/c1-3-25-19-10-8-18(9-11-19)21-22-20(23-26-21)17-6-4-16(5-7-17)14-24-12-15(2)13-24/h4-11,15H,3,12-14H2,1-2H3. The molecule has 3 aromatic rings. The molecule has 0 saturated carbocycles. The van der Waals surface area contributed by atoms with Gasteiger partial charge in [0.1, 0.15) is 5.75 Å². The Kier molecular flexibility index (Phi) is 4.71. The average Bonchev–Trinajstić information content (AvgIpc) is 3.12. The highest BCUT2D eigenvalue weighted by molar-refractivity contribution is 5.60. The van der Waals surface area contributed by atoms with Crippen LogP contribution in [-0.4, -0.2) is 34.7 Å². The van der Waals surface area contributed by atoms with Gasteiger partial charge in [0.25, 0.3) is 5.89 Å². The van der Waals surface area contributed by atoms with Crippen LogP contribution >= 0.6 is 0 Å². The Balaban J connectivity index is 1.45. The van der Waals surface area contributed by atoms with Crippen LogP contribution in [0.3, 0.4) is 0 Å². The normalized spacial score (nSPS) is 15.0. The van der Waals surface area contributed by atoms with Crippen molar-refractivity contribution < 1.29 is 9.26 Å². The van der Waals surface area contributed by atoms with Crippen molar-refractivity contribution in [3.05, 3.63) is 54.1 Å². The third-order valence-electron chi connectivity index (χ3n) is 4.60. The highest BCUT2D eigenvalue weighted by Gasteiger charge is 2.22. The van der Waals surface area contributed by atoms with E-state index in [2.05, 4.69) is 46.2 Å². The molecule has 26 heavy (non-hydrogen) atoms. The van der Waals surface area contributed by atoms with Gasteiger partial charge in [0, 0.05) is 30.8 Å². The maximum absolute atomic E-state index is 5.46. The maximum atomic E-state index is 5.46. The van der Waals surface area contributed by atoms with Gasteiger partial charge in [-0.3, -0.25) is 4.90 Å². The molecule has 0 N–H and O–H groups in total. The number of aromatic nitrogens is 2. The summed E-state index contributed by atoms with van der Waals surface area (Å²) in [4.78, 5) is 6.98. The van der Waals surface area contributed by atoms with Gasteiger partial charge in [0.15, 0.2) is 0 Å². The van der Waals surface area contributed by atoms with E-state index in [9.17, 15) is 0 Å². The lowest BCUT2D eigenvalue weighted by Crippen LogP contribution is -2.44. The first-order valence-electron chi connectivity index (χ1n) is 9.10. The summed E-state index contributed by atoms with van der Waals surface area (Å²) in [6.07, 6.45) is 0. The van der Waals surface area contributed by atoms with Crippen LogP contribution < -0.4 is 4.74 Å². The predicted molar refractivity (Wildman–Crippen MR) is 101 cm³/mol. The van der Waals surface area contributed by atoms with Gasteiger partial charge in [-0.1, -0.05) is 36.3 Å². The third-order valence-corrected chi connectivity index (χ3v) is 4.60. The number of hydrogen-bond donors (Lipinski definition) is 0. The number of hydrogen-bond acceptors (Lipinski definition) is 5. The van der Waals surface area contributed by atoms with Crippen LogP contribution in [0.1, 0.15) is 19.4 Å². The number of rotatable bonds is 6. The molecule has 1 saturated heterocycles. The average molecular weight is 349 g/mol. The summed E-state index contributed by atoms with van der Waals surface area (Å²) in [6.45, 7) is 8.30. The Morgan fingerprint density at radius 2 is 1.73 bits per heavy atom. The van der Waals surface area contributed by atoms with Gasteiger partial charge >= 0.3 is 0 Å². The minimum absolute atomic E-state index is 0.515. The first kappa shape index (κ1) is 16.8. The van der Waals surface area contributed by atoms with Crippen molar-refractivity contribution in [3.63, 3.8) is 0 Å². The molecule has 0 bridgehead atoms. The lowest BCUT2D eigenvalue weighted by molar-refractivity contribution is 0.105. The Hall–Kier alpha value is -2.66. The van der Waals surface area contributed by atoms with Gasteiger partial charge in [-0.2, -0.15) is 4.98 Å². The van der Waals surface area contributed by atoms with E-state index in [1.165, 1.54) is 18.7 Å². The molecular weight excluding hydrogens is 326 g/mol. The van der Waals surface area contributed by atoms with Crippen LogP contribution in [0.4, 0.5) is 0 Å². The largest absolute Gasteiger partial charge is 0.494 e. The molecule has 0 unspecified atom stereocenters. The molecule has 2 aromatic carbocycles. The van der Waals surface area contributed by atoms with E-state index in [1.54, 1.807) is 0 Å². The Morgan fingerprint density at radius 3 is 2.38 bits per heavy atom. The smallest absolute Gasteiger partial charge is 0.258 e. The van der Waals surface area contributed by atoms with Crippen LogP contribution in [0.25, 0.3) is 22.8 Å². The van der Waals surface area contributed by atoms with Gasteiger partial charge in [-0.25, -0.2) is 0 Å². The molecule has 4 rings (SSSR count). The fraction of sp³-hybridized carbons (Fsp3) is 0.333. The molecule has 5 nitrogen and oxygen atoms in total. The van der Waals surface area contributed by atoms with Gasteiger partial charge in [0.05, 0.1) is 6.61 Å². The Labute approximate surface area is 153 Å². The molecule has 1 fully saturated rings. The minimum atomic E-state index is 0.515. The second-order valence-electron chi connectivity index (χ2n) is 6.88. The molecule has 134 valence electrons. The maximum Gasteiger partial charge on any atom is 0.258 e. The molecular formula is C21H23N3O2. The van der Waals surface area contributed by atoms with Crippen molar-refractivity contribution in [1.29, 1.82) is 0 Å². The van der Waals surface area contributed by atoms with Crippen molar-refractivity contribution in [1.82, 2.24) is 15.0 Å². The molecule has 2 heterocycles. The van der Waals surface area contributed by atoms with Crippen molar-refractivity contribution in [2.45, 2.75) is 20.4 Å². The topological polar surface area (TPSA) is 51.4 Å². The third kappa shape index (κ3) is 3.63. The summed E-state index contributed by atoms with van der Waals surface area (Å²) in [6, 6.07) is 16.1. The number of likely N-dealkylation sites (tertiary alicyclic amines) is 1. The SMILES string of the molecule is CCOc1ccc(-c2nc(-c3ccc(CN4CC(C)C4)cc3)no2)cc1. The lowest BCUT2D eigenvalue weighted by Gasteiger charge is -2.37. The molecule has 1 aromatic heterocycles. The Morgan fingerprint density at radius 1 is 1.04 bits per heavy atom. The number of nitrogens with zero attached hydrogens (tertiary/aromatic N) is 3. The van der Waals surface area contributed by atoms with Crippen LogP contribution in [-0.2, 0) is 6.54 Å². The number of ether oxygens (including phenoxy) is 1. The second-order valence-corrected chi connectivity index (χ2v) is 6.88. The first-order chi connectivity index (χ1) is 12.7. The summed E-state index contributed by atoms with van der Waals surface area (Å²) in [5.41, 5.74) is 3.17. The molecule has 1 aliphatic heterocycles. The van der Waals surface area contributed by atoms with E-state index < -0.39 is 0 Å². The van der Waals surface area contributed by atoms with E-state index >= 15 is 0 Å². The molecule has 1 aliphatic rings.